The van der Waals surface area contributed by atoms with Gasteiger partial charge in [0.2, 0.25) is 5.95 Å². The Kier molecular flexibility index (Phi) is 2.20. The molecular weight excluding hydrogens is 254 g/mol. The molecule has 1 aromatic carbocycles. The zero-order chi connectivity index (χ0) is 13.7. The van der Waals surface area contributed by atoms with Crippen LogP contribution in [0.15, 0.2) is 30.3 Å². The van der Waals surface area contributed by atoms with Gasteiger partial charge in [-0.3, -0.25) is 14.8 Å². The van der Waals surface area contributed by atoms with Crippen molar-refractivity contribution in [3.05, 3.63) is 41.7 Å². The van der Waals surface area contributed by atoms with Gasteiger partial charge in [-0.25, -0.2) is 4.98 Å². The van der Waals surface area contributed by atoms with Gasteiger partial charge in [0, 0.05) is 18.8 Å². The van der Waals surface area contributed by atoms with E-state index in [0.29, 0.717) is 18.2 Å². The predicted molar refractivity (Wildman–Crippen MR) is 74.7 cm³/mol. The molecule has 1 aliphatic rings. The van der Waals surface area contributed by atoms with Gasteiger partial charge in [0.25, 0.3) is 5.91 Å². The van der Waals surface area contributed by atoms with E-state index in [2.05, 4.69) is 19.7 Å². The van der Waals surface area contributed by atoms with Crippen molar-refractivity contribution in [1.82, 2.24) is 19.7 Å². The van der Waals surface area contributed by atoms with E-state index < -0.39 is 0 Å². The van der Waals surface area contributed by atoms with Gasteiger partial charge in [-0.1, -0.05) is 12.1 Å². The fourth-order valence-corrected chi connectivity index (χ4v) is 2.65. The molecule has 1 amide bonds. The van der Waals surface area contributed by atoms with Crippen molar-refractivity contribution in [3.8, 4) is 0 Å². The summed E-state index contributed by atoms with van der Waals surface area (Å²) in [7, 11) is 0. The molecule has 3 heterocycles. The van der Waals surface area contributed by atoms with Crippen molar-refractivity contribution in [1.29, 1.82) is 0 Å². The fraction of sp³-hybridized carbons (Fsp3) is 0.214. The number of para-hydroxylation sites is 2. The van der Waals surface area contributed by atoms with Gasteiger partial charge >= 0.3 is 0 Å². The number of aromatic nitrogens is 4. The maximum atomic E-state index is 12.5. The Morgan fingerprint density at radius 1 is 1.30 bits per heavy atom. The first-order chi connectivity index (χ1) is 9.74. The highest BCUT2D eigenvalue weighted by molar-refractivity contribution is 6.05. The van der Waals surface area contributed by atoms with Crippen LogP contribution in [0.2, 0.25) is 0 Å². The summed E-state index contributed by atoms with van der Waals surface area (Å²) in [6, 6.07) is 9.68. The molecule has 0 aliphatic carbocycles. The first kappa shape index (κ1) is 11.2. The van der Waals surface area contributed by atoms with E-state index >= 15 is 0 Å². The number of aryl methyl sites for hydroxylation is 1. The molecule has 1 N–H and O–H groups in total. The number of nitrogens with zero attached hydrogens (tertiary/aromatic N) is 4. The summed E-state index contributed by atoms with van der Waals surface area (Å²) in [4.78, 5) is 18.7. The number of hydrogen-bond donors (Lipinski definition) is 1. The standard InChI is InChI=1S/C14H13N5O/c1-9-8-11(17-16-9)13(20)19-7-6-18-12-5-3-2-4-10(12)15-14(18)19/h2-5,8H,6-7H2,1H3,(H,16,17). The molecular formula is C14H13N5O. The maximum absolute atomic E-state index is 12.5. The molecule has 0 unspecified atom stereocenters. The molecule has 20 heavy (non-hydrogen) atoms. The molecule has 4 rings (SSSR count). The first-order valence-electron chi connectivity index (χ1n) is 6.53. The Labute approximate surface area is 115 Å². The second-order valence-corrected chi connectivity index (χ2v) is 4.95. The molecule has 0 spiro atoms. The number of carbonyl (C=O) groups excluding carboxylic acids is 1. The number of rotatable bonds is 1. The quantitative estimate of drug-likeness (QED) is 0.730. The van der Waals surface area contributed by atoms with Gasteiger partial charge in [-0.15, -0.1) is 0 Å². The minimum absolute atomic E-state index is 0.108. The van der Waals surface area contributed by atoms with Gasteiger partial charge in [-0.2, -0.15) is 5.10 Å². The molecule has 2 aromatic heterocycles. The Balaban J connectivity index is 1.79. The molecule has 0 saturated carbocycles. The third kappa shape index (κ3) is 1.48. The number of benzene rings is 1. The van der Waals surface area contributed by atoms with Gasteiger partial charge in [-0.05, 0) is 25.1 Å². The van der Waals surface area contributed by atoms with E-state index in [-0.39, 0.29) is 5.91 Å². The largest absolute Gasteiger partial charge is 0.308 e. The second-order valence-electron chi connectivity index (χ2n) is 4.95. The maximum Gasteiger partial charge on any atom is 0.281 e. The van der Waals surface area contributed by atoms with Crippen LogP contribution in [0.1, 0.15) is 16.2 Å². The zero-order valence-electron chi connectivity index (χ0n) is 11.0. The van der Waals surface area contributed by atoms with Crippen molar-refractivity contribution < 1.29 is 4.79 Å². The van der Waals surface area contributed by atoms with E-state index in [1.807, 2.05) is 31.2 Å². The van der Waals surface area contributed by atoms with Crippen LogP contribution < -0.4 is 4.90 Å². The van der Waals surface area contributed by atoms with Crippen LogP contribution in [0.4, 0.5) is 5.95 Å². The number of amides is 1. The molecule has 0 bridgehead atoms. The van der Waals surface area contributed by atoms with Crippen LogP contribution in [0.3, 0.4) is 0 Å². The summed E-state index contributed by atoms with van der Waals surface area (Å²) in [5.74, 6) is 0.597. The highest BCUT2D eigenvalue weighted by Crippen LogP contribution is 2.27. The number of fused-ring (bicyclic) bond motifs is 3. The molecule has 0 fully saturated rings. The number of aromatic amines is 1. The smallest absolute Gasteiger partial charge is 0.281 e. The summed E-state index contributed by atoms with van der Waals surface area (Å²) >= 11 is 0. The number of nitrogens with one attached hydrogen (secondary N) is 1. The van der Waals surface area contributed by atoms with Gasteiger partial charge in [0.1, 0.15) is 0 Å². The summed E-state index contributed by atoms with van der Waals surface area (Å²) in [6.45, 7) is 3.28. The van der Waals surface area contributed by atoms with E-state index in [9.17, 15) is 4.79 Å². The number of hydrogen-bond acceptors (Lipinski definition) is 3. The van der Waals surface area contributed by atoms with Crippen molar-refractivity contribution in [3.63, 3.8) is 0 Å². The average molecular weight is 267 g/mol. The minimum Gasteiger partial charge on any atom is -0.308 e. The van der Waals surface area contributed by atoms with Crippen LogP contribution >= 0.6 is 0 Å². The van der Waals surface area contributed by atoms with Crippen molar-refractivity contribution in [2.75, 3.05) is 11.4 Å². The monoisotopic (exact) mass is 267 g/mol. The first-order valence-corrected chi connectivity index (χ1v) is 6.53. The SMILES string of the molecule is Cc1cc(C(=O)N2CCn3c2nc2ccccc23)n[nH]1. The highest BCUT2D eigenvalue weighted by Gasteiger charge is 2.30. The zero-order valence-corrected chi connectivity index (χ0v) is 11.0. The Morgan fingerprint density at radius 2 is 2.15 bits per heavy atom. The topological polar surface area (TPSA) is 66.8 Å². The minimum atomic E-state index is -0.108. The summed E-state index contributed by atoms with van der Waals surface area (Å²) in [5.41, 5.74) is 3.29. The van der Waals surface area contributed by atoms with Gasteiger partial charge < -0.3 is 4.57 Å². The lowest BCUT2D eigenvalue weighted by molar-refractivity contribution is 0.0984. The predicted octanol–water partition coefficient (Wildman–Crippen LogP) is 1.73. The average Bonchev–Trinajstić information content (AvgIpc) is 3.12. The lowest BCUT2D eigenvalue weighted by atomic mass is 10.3. The van der Waals surface area contributed by atoms with E-state index in [1.54, 1.807) is 11.0 Å². The molecule has 6 heteroatoms. The normalized spacial score (nSPS) is 13.9. The third-order valence-electron chi connectivity index (χ3n) is 3.59. The van der Waals surface area contributed by atoms with Crippen molar-refractivity contribution in [2.24, 2.45) is 0 Å². The molecule has 6 nitrogen and oxygen atoms in total. The van der Waals surface area contributed by atoms with E-state index in [4.69, 9.17) is 0 Å². The summed E-state index contributed by atoms with van der Waals surface area (Å²) in [6.07, 6.45) is 0. The molecule has 100 valence electrons. The van der Waals surface area contributed by atoms with Gasteiger partial charge in [0.15, 0.2) is 5.69 Å². The fourth-order valence-electron chi connectivity index (χ4n) is 2.65. The number of anilines is 1. The Hall–Kier alpha value is -2.63. The molecule has 0 atom stereocenters. The molecule has 3 aromatic rings. The Bertz CT molecular complexity index is 816. The Morgan fingerprint density at radius 3 is 2.95 bits per heavy atom. The van der Waals surface area contributed by atoms with Crippen LogP contribution in [0, 0.1) is 6.92 Å². The van der Waals surface area contributed by atoms with E-state index in [0.717, 1.165) is 23.3 Å². The summed E-state index contributed by atoms with van der Waals surface area (Å²) < 4.78 is 2.08. The van der Waals surface area contributed by atoms with Crippen molar-refractivity contribution >= 4 is 22.9 Å². The molecule has 1 aliphatic heterocycles. The lowest BCUT2D eigenvalue weighted by Gasteiger charge is -2.11. The van der Waals surface area contributed by atoms with Crippen LogP contribution in [-0.2, 0) is 6.54 Å². The molecule has 0 radical (unpaired) electrons. The number of carbonyl (C=O) groups is 1. The van der Waals surface area contributed by atoms with Crippen LogP contribution in [-0.4, -0.2) is 32.2 Å². The second kappa shape index (κ2) is 3.93. The van der Waals surface area contributed by atoms with Gasteiger partial charge in [0.05, 0.1) is 11.0 Å². The van der Waals surface area contributed by atoms with E-state index in [1.165, 1.54) is 0 Å². The molecule has 0 saturated heterocycles. The highest BCUT2D eigenvalue weighted by atomic mass is 16.2. The third-order valence-corrected chi connectivity index (χ3v) is 3.59. The van der Waals surface area contributed by atoms with Crippen LogP contribution in [0.5, 0.6) is 0 Å². The number of imidazole rings is 1. The van der Waals surface area contributed by atoms with Crippen LogP contribution in [0.25, 0.3) is 11.0 Å². The lowest BCUT2D eigenvalue weighted by Crippen LogP contribution is -2.29. The summed E-state index contributed by atoms with van der Waals surface area (Å²) in [5, 5.41) is 6.83. The number of H-pyrrole nitrogens is 1. The van der Waals surface area contributed by atoms with Crippen molar-refractivity contribution in [2.45, 2.75) is 13.5 Å².